The molecule has 6 N–H and O–H groups in total. The van der Waals surface area contributed by atoms with Gasteiger partial charge in [0.2, 0.25) is 5.91 Å². The highest BCUT2D eigenvalue weighted by molar-refractivity contribution is 5.73. The molecule has 18 heavy (non-hydrogen) atoms. The van der Waals surface area contributed by atoms with E-state index in [4.69, 9.17) is 11.6 Å². The molecule has 1 saturated carbocycles. The highest BCUT2D eigenvalue weighted by Gasteiger charge is 2.27. The standard InChI is InChI=1S/C11H18N6O/c12-8(18)2-1-5-14-9-6-10(17-13)16-11(15-9)7-3-4-7/h6-7H,1-5,13H2,(H2,12,18)(H2,14,15,16,17). The third-order valence-corrected chi connectivity index (χ3v) is 2.74. The zero-order valence-corrected chi connectivity index (χ0v) is 10.1. The average molecular weight is 250 g/mol. The Balaban J connectivity index is 1.93. The van der Waals surface area contributed by atoms with Crippen molar-refractivity contribution in [2.75, 3.05) is 17.3 Å². The van der Waals surface area contributed by atoms with Crippen LogP contribution in [0.4, 0.5) is 11.6 Å². The summed E-state index contributed by atoms with van der Waals surface area (Å²) in [7, 11) is 0. The highest BCUT2D eigenvalue weighted by atomic mass is 16.1. The van der Waals surface area contributed by atoms with Crippen LogP contribution in [-0.2, 0) is 4.79 Å². The number of primary amides is 1. The molecule has 98 valence electrons. The maximum absolute atomic E-state index is 10.6. The molecule has 1 aliphatic carbocycles. The van der Waals surface area contributed by atoms with Crippen molar-refractivity contribution in [2.24, 2.45) is 11.6 Å². The van der Waals surface area contributed by atoms with Crippen LogP contribution < -0.4 is 22.3 Å². The molecule has 0 radical (unpaired) electrons. The van der Waals surface area contributed by atoms with Crippen LogP contribution in [0.15, 0.2) is 6.07 Å². The van der Waals surface area contributed by atoms with Gasteiger partial charge in [-0.3, -0.25) is 4.79 Å². The SMILES string of the molecule is NNc1cc(NCCCC(N)=O)nc(C2CC2)n1. The van der Waals surface area contributed by atoms with Crippen LogP contribution >= 0.6 is 0 Å². The quantitative estimate of drug-likeness (QED) is 0.314. The van der Waals surface area contributed by atoms with Gasteiger partial charge in [0, 0.05) is 24.9 Å². The number of rotatable bonds is 7. The first kappa shape index (κ1) is 12.6. The van der Waals surface area contributed by atoms with Crippen LogP contribution in [0.3, 0.4) is 0 Å². The summed E-state index contributed by atoms with van der Waals surface area (Å²) >= 11 is 0. The van der Waals surface area contributed by atoms with E-state index in [2.05, 4.69) is 20.7 Å². The molecule has 1 amide bonds. The van der Waals surface area contributed by atoms with Crippen LogP contribution in [0.1, 0.15) is 37.4 Å². The van der Waals surface area contributed by atoms with Crippen molar-refractivity contribution < 1.29 is 4.79 Å². The minimum Gasteiger partial charge on any atom is -0.370 e. The predicted molar refractivity (Wildman–Crippen MR) is 68.7 cm³/mol. The smallest absolute Gasteiger partial charge is 0.217 e. The number of nitrogen functional groups attached to an aromatic ring is 1. The van der Waals surface area contributed by atoms with Crippen molar-refractivity contribution in [3.8, 4) is 0 Å². The third-order valence-electron chi connectivity index (χ3n) is 2.74. The van der Waals surface area contributed by atoms with Gasteiger partial charge in [-0.1, -0.05) is 0 Å². The molecule has 1 heterocycles. The topological polar surface area (TPSA) is 119 Å². The largest absolute Gasteiger partial charge is 0.370 e. The van der Waals surface area contributed by atoms with Crippen molar-refractivity contribution in [1.82, 2.24) is 9.97 Å². The fourth-order valence-electron chi connectivity index (χ4n) is 1.63. The Hall–Kier alpha value is -1.89. The van der Waals surface area contributed by atoms with Gasteiger partial charge in [0.05, 0.1) is 0 Å². The van der Waals surface area contributed by atoms with Gasteiger partial charge < -0.3 is 16.5 Å². The molecule has 0 bridgehead atoms. The number of nitrogens with one attached hydrogen (secondary N) is 2. The molecular weight excluding hydrogens is 232 g/mol. The summed E-state index contributed by atoms with van der Waals surface area (Å²) in [6.45, 7) is 0.647. The lowest BCUT2D eigenvalue weighted by atomic mass is 10.3. The maximum atomic E-state index is 10.6. The molecule has 0 aliphatic heterocycles. The molecule has 7 nitrogen and oxygen atoms in total. The van der Waals surface area contributed by atoms with Crippen molar-refractivity contribution in [2.45, 2.75) is 31.6 Å². The molecule has 0 atom stereocenters. The summed E-state index contributed by atoms with van der Waals surface area (Å²) in [6, 6.07) is 1.75. The van der Waals surface area contributed by atoms with Gasteiger partial charge >= 0.3 is 0 Å². The molecule has 0 saturated heterocycles. The van der Waals surface area contributed by atoms with Crippen LogP contribution in [0.25, 0.3) is 0 Å². The Morgan fingerprint density at radius 1 is 1.39 bits per heavy atom. The van der Waals surface area contributed by atoms with E-state index in [-0.39, 0.29) is 5.91 Å². The highest BCUT2D eigenvalue weighted by Crippen LogP contribution is 2.38. The van der Waals surface area contributed by atoms with Crippen LogP contribution in [0.5, 0.6) is 0 Å². The molecule has 1 fully saturated rings. The van der Waals surface area contributed by atoms with Gasteiger partial charge in [0.25, 0.3) is 0 Å². The van der Waals surface area contributed by atoms with Gasteiger partial charge in [-0.15, -0.1) is 0 Å². The molecule has 1 aliphatic rings. The van der Waals surface area contributed by atoms with Crippen molar-refractivity contribution in [1.29, 1.82) is 0 Å². The first-order chi connectivity index (χ1) is 8.69. The van der Waals surface area contributed by atoms with Crippen LogP contribution in [0, 0.1) is 0 Å². The Bertz CT molecular complexity index is 432. The lowest BCUT2D eigenvalue weighted by molar-refractivity contribution is -0.118. The monoisotopic (exact) mass is 250 g/mol. The number of hydrazine groups is 1. The molecule has 0 aromatic carbocycles. The van der Waals surface area contributed by atoms with Crippen LogP contribution in [0.2, 0.25) is 0 Å². The maximum Gasteiger partial charge on any atom is 0.217 e. The van der Waals surface area contributed by atoms with Gasteiger partial charge in [-0.2, -0.15) is 0 Å². The van der Waals surface area contributed by atoms with Gasteiger partial charge in [0.1, 0.15) is 17.5 Å². The van der Waals surface area contributed by atoms with E-state index in [9.17, 15) is 4.79 Å². The molecule has 0 unspecified atom stereocenters. The summed E-state index contributed by atoms with van der Waals surface area (Å²) in [5, 5.41) is 3.14. The number of aromatic nitrogens is 2. The molecule has 0 spiro atoms. The summed E-state index contributed by atoms with van der Waals surface area (Å²) in [5.74, 6) is 7.70. The van der Waals surface area contributed by atoms with Gasteiger partial charge in [0.15, 0.2) is 0 Å². The second-order valence-electron chi connectivity index (χ2n) is 4.41. The van der Waals surface area contributed by atoms with Gasteiger partial charge in [-0.25, -0.2) is 15.8 Å². The Morgan fingerprint density at radius 3 is 2.72 bits per heavy atom. The lowest BCUT2D eigenvalue weighted by Crippen LogP contribution is -2.14. The fraction of sp³-hybridized carbons (Fsp3) is 0.545. The van der Waals surface area contributed by atoms with Gasteiger partial charge in [-0.05, 0) is 19.3 Å². The normalized spacial score (nSPS) is 14.3. The summed E-state index contributed by atoms with van der Waals surface area (Å²) in [5.41, 5.74) is 7.60. The molecule has 7 heteroatoms. The second kappa shape index (κ2) is 5.63. The molecule has 1 aromatic rings. The first-order valence-corrected chi connectivity index (χ1v) is 6.07. The number of hydrogen-bond donors (Lipinski definition) is 4. The predicted octanol–water partition coefficient (Wildman–Crippen LogP) is 0.317. The minimum absolute atomic E-state index is 0.289. The van der Waals surface area contributed by atoms with E-state index in [0.717, 1.165) is 24.5 Å². The number of carbonyl (C=O) groups is 1. The number of nitrogens with zero attached hydrogens (tertiary/aromatic N) is 2. The van der Waals surface area contributed by atoms with E-state index in [1.807, 2.05) is 0 Å². The Kier molecular flexibility index (Phi) is 3.93. The zero-order valence-electron chi connectivity index (χ0n) is 10.1. The summed E-state index contributed by atoms with van der Waals surface area (Å²) in [4.78, 5) is 19.3. The number of carbonyl (C=O) groups excluding carboxylic acids is 1. The number of amides is 1. The van der Waals surface area contributed by atoms with Crippen molar-refractivity contribution in [3.63, 3.8) is 0 Å². The van der Waals surface area contributed by atoms with Crippen LogP contribution in [-0.4, -0.2) is 22.4 Å². The minimum atomic E-state index is -0.289. The van der Waals surface area contributed by atoms with E-state index in [1.54, 1.807) is 6.07 Å². The van der Waals surface area contributed by atoms with E-state index < -0.39 is 0 Å². The first-order valence-electron chi connectivity index (χ1n) is 6.07. The van der Waals surface area contributed by atoms with Crippen molar-refractivity contribution in [3.05, 3.63) is 11.9 Å². The molecular formula is C11H18N6O. The number of anilines is 2. The van der Waals surface area contributed by atoms with Crippen molar-refractivity contribution >= 4 is 17.5 Å². The Labute approximate surface area is 105 Å². The van der Waals surface area contributed by atoms with E-state index >= 15 is 0 Å². The average Bonchev–Trinajstić information content (AvgIpc) is 3.18. The lowest BCUT2D eigenvalue weighted by Gasteiger charge is -2.08. The Morgan fingerprint density at radius 2 is 2.11 bits per heavy atom. The molecule has 1 aromatic heterocycles. The number of nitrogens with two attached hydrogens (primary N) is 2. The fourth-order valence-corrected chi connectivity index (χ4v) is 1.63. The molecule has 2 rings (SSSR count). The van der Waals surface area contributed by atoms with E-state index in [0.29, 0.717) is 31.1 Å². The third kappa shape index (κ3) is 3.56. The number of hydrogen-bond acceptors (Lipinski definition) is 6. The summed E-state index contributed by atoms with van der Waals surface area (Å²) < 4.78 is 0. The van der Waals surface area contributed by atoms with E-state index in [1.165, 1.54) is 0 Å². The second-order valence-corrected chi connectivity index (χ2v) is 4.41. The zero-order chi connectivity index (χ0) is 13.0. The summed E-state index contributed by atoms with van der Waals surface area (Å²) in [6.07, 6.45) is 3.32.